The van der Waals surface area contributed by atoms with Gasteiger partial charge in [-0.05, 0) is 36.8 Å². The molecule has 4 heterocycles. The highest BCUT2D eigenvalue weighted by atomic mass is 16.2. The van der Waals surface area contributed by atoms with Gasteiger partial charge in [0.1, 0.15) is 0 Å². The Morgan fingerprint density at radius 3 is 0.580 bits per heavy atom. The van der Waals surface area contributed by atoms with E-state index in [-0.39, 0.29) is 22.3 Å². The van der Waals surface area contributed by atoms with Crippen LogP contribution in [0.3, 0.4) is 0 Å². The summed E-state index contributed by atoms with van der Waals surface area (Å²) in [6.45, 7) is 10.3. The van der Waals surface area contributed by atoms with Crippen LogP contribution in [0.4, 0.5) is 0 Å². The summed E-state index contributed by atoms with van der Waals surface area (Å²) in [5.41, 5.74) is -3.40. The van der Waals surface area contributed by atoms with Gasteiger partial charge >= 0.3 is 22.8 Å². The van der Waals surface area contributed by atoms with Crippen molar-refractivity contribution in [1.29, 1.82) is 0 Å². The summed E-state index contributed by atoms with van der Waals surface area (Å²) >= 11 is 0. The zero-order valence-electron chi connectivity index (χ0n) is 54.9. The largest absolute Gasteiger partial charge is 0.328 e. The number of aryl methyl sites for hydroxylation is 4. The molecule has 0 unspecified atom stereocenters. The summed E-state index contributed by atoms with van der Waals surface area (Å²) in [7, 11) is 0. The van der Waals surface area contributed by atoms with E-state index >= 15 is 0 Å². The van der Waals surface area contributed by atoms with Gasteiger partial charge in [0.15, 0.2) is 0 Å². The lowest BCUT2D eigenvalue weighted by atomic mass is 9.83. The second kappa shape index (κ2) is 42.8. The fourth-order valence-electron chi connectivity index (χ4n) is 12.6. The molecule has 490 valence electrons. The van der Waals surface area contributed by atoms with Crippen molar-refractivity contribution in [3.05, 3.63) is 166 Å². The van der Waals surface area contributed by atoms with E-state index in [1.165, 1.54) is 172 Å². The van der Waals surface area contributed by atoms with E-state index in [9.17, 15) is 38.4 Å². The maximum atomic E-state index is 14.3. The second-order valence-electron chi connectivity index (χ2n) is 25.4. The lowest BCUT2D eigenvalue weighted by Gasteiger charge is -2.22. The van der Waals surface area contributed by atoms with Crippen LogP contribution in [0, 0.1) is 0 Å². The molecule has 0 spiro atoms. The zero-order valence-corrected chi connectivity index (χ0v) is 54.9. The molecule has 0 aliphatic heterocycles. The van der Waals surface area contributed by atoms with E-state index in [2.05, 4.69) is 47.6 Å². The minimum absolute atomic E-state index is 0.136. The predicted molar refractivity (Wildman–Crippen MR) is 361 cm³/mol. The van der Waals surface area contributed by atoms with Crippen LogP contribution in [0.25, 0.3) is 0 Å². The van der Waals surface area contributed by atoms with Gasteiger partial charge in [-0.25, -0.2) is 19.2 Å². The van der Waals surface area contributed by atoms with E-state index in [1.807, 2.05) is 0 Å². The van der Waals surface area contributed by atoms with Gasteiger partial charge in [-0.3, -0.25) is 39.1 Å². The number of hydrogen-bond donors (Lipinski definition) is 4. The quantitative estimate of drug-likeness (QED) is 0.0274. The third-order valence-electron chi connectivity index (χ3n) is 18.0. The molecule has 0 aliphatic rings. The molecule has 4 N–H and O–H groups in total. The normalized spacial score (nSPS) is 11.7. The van der Waals surface area contributed by atoms with Crippen LogP contribution in [0.5, 0.6) is 0 Å². The summed E-state index contributed by atoms with van der Waals surface area (Å²) < 4.78 is 6.00. The first-order valence-corrected chi connectivity index (χ1v) is 35.4. The summed E-state index contributed by atoms with van der Waals surface area (Å²) in [6, 6.07) is 6.96. The van der Waals surface area contributed by atoms with Gasteiger partial charge in [-0.2, -0.15) is 0 Å². The van der Waals surface area contributed by atoms with Crippen molar-refractivity contribution < 1.29 is 0 Å². The zero-order chi connectivity index (χ0) is 63.1. The van der Waals surface area contributed by atoms with Crippen molar-refractivity contribution in [2.75, 3.05) is 0 Å². The Labute approximate surface area is 524 Å². The highest BCUT2D eigenvalue weighted by molar-refractivity contribution is 5.45. The van der Waals surface area contributed by atoms with Crippen molar-refractivity contribution in [2.24, 2.45) is 0 Å². The fourth-order valence-corrected chi connectivity index (χ4v) is 12.6. The third kappa shape index (κ3) is 25.4. The smallest absolute Gasteiger partial charge is 0.300 e. The van der Waals surface area contributed by atoms with Gasteiger partial charge in [0, 0.05) is 85.1 Å². The molecule has 0 saturated carbocycles. The number of aromatic amines is 4. The molecule has 0 bridgehead atoms. The Hall–Kier alpha value is -6.06. The molecule has 0 radical (unpaired) electrons. The van der Waals surface area contributed by atoms with Gasteiger partial charge in [-0.1, -0.05) is 283 Å². The molecule has 0 aliphatic carbocycles. The van der Waals surface area contributed by atoms with E-state index in [4.69, 9.17) is 0 Å². The molecular weight excluding hydrogens is 1100 g/mol. The molecule has 16 heteroatoms. The summed E-state index contributed by atoms with van der Waals surface area (Å²) in [6.07, 6.45) is 50.8. The minimum Gasteiger partial charge on any atom is -0.300 e. The van der Waals surface area contributed by atoms with Gasteiger partial charge in [0.25, 0.3) is 22.2 Å². The second-order valence-corrected chi connectivity index (χ2v) is 25.4. The molecule has 0 amide bonds. The van der Waals surface area contributed by atoms with Crippen LogP contribution in [0.2, 0.25) is 0 Å². The predicted octanol–water partition coefficient (Wildman–Crippen LogP) is 15.1. The monoisotopic (exact) mass is 1220 g/mol. The highest BCUT2D eigenvalue weighted by Crippen LogP contribution is 2.33. The number of unbranched alkanes of at least 4 members (excludes halogenated alkanes) is 36. The van der Waals surface area contributed by atoms with E-state index in [0.717, 1.165) is 77.0 Å². The average Bonchev–Trinajstić information content (AvgIpc) is 1.37. The summed E-state index contributed by atoms with van der Waals surface area (Å²) in [4.78, 5) is 121. The first-order chi connectivity index (χ1) is 42.9. The Morgan fingerprint density at radius 2 is 0.409 bits per heavy atom. The molecular formula is C72H114N8O8. The number of aromatic nitrogens is 8. The van der Waals surface area contributed by atoms with Crippen LogP contribution in [-0.2, 0) is 26.2 Å². The lowest BCUT2D eigenvalue weighted by Crippen LogP contribution is -2.37. The van der Waals surface area contributed by atoms with Crippen molar-refractivity contribution in [2.45, 2.75) is 323 Å². The number of H-pyrrole nitrogens is 4. The standard InChI is InChI=1S/C72H114N8O8/c1-5-9-13-17-21-25-29-33-37-41-49-77-53-59(65(81)73-69(77)85)63(60-54-78(70(86)74-66(60)82)50-42-38-34-30-26-22-18-14-10-6-2)57-45-47-58(48-46-57)64(61-55-79(71(87)75-67(61)83)51-43-39-35-31-27-23-19-15-11-7-3)62-56-80(72(88)76-68(62)84)52-44-40-36-32-28-24-20-16-12-8-4/h45-48,53-56,63-64H,5-44,49-52H2,1-4H3,(H,73,81,85)(H,74,82,86)(H,75,83,87)(H,76,84,88). The number of nitrogens with zero attached hydrogens (tertiary/aromatic N) is 4. The van der Waals surface area contributed by atoms with Crippen LogP contribution in [0.15, 0.2) is 87.4 Å². The van der Waals surface area contributed by atoms with E-state index in [0.29, 0.717) is 63.0 Å². The molecule has 0 saturated heterocycles. The number of rotatable bonds is 50. The average molecular weight is 1220 g/mol. The SMILES string of the molecule is CCCCCCCCCCCCn1cc(C(c2ccc(C(c3cn(CCCCCCCCCCCC)c(=O)[nH]c3=O)c3cn(CCCCCCCCCCCC)c(=O)[nH]c3=O)cc2)c2cn(CCCCCCCCCCCC)c(=O)[nH]c2=O)c(=O)[nH]c1=O. The van der Waals surface area contributed by atoms with Gasteiger partial charge in [-0.15, -0.1) is 0 Å². The molecule has 5 rings (SSSR count). The molecule has 1 aromatic carbocycles. The maximum absolute atomic E-state index is 14.3. The van der Waals surface area contributed by atoms with E-state index in [1.54, 1.807) is 49.1 Å². The topological polar surface area (TPSA) is 219 Å². The number of hydrogen-bond acceptors (Lipinski definition) is 8. The highest BCUT2D eigenvalue weighted by Gasteiger charge is 2.29. The van der Waals surface area contributed by atoms with Crippen LogP contribution in [-0.4, -0.2) is 38.2 Å². The molecule has 88 heavy (non-hydrogen) atoms. The molecule has 4 aromatic heterocycles. The van der Waals surface area contributed by atoms with Crippen molar-refractivity contribution in [3.63, 3.8) is 0 Å². The van der Waals surface area contributed by atoms with Crippen molar-refractivity contribution in [1.82, 2.24) is 38.2 Å². The van der Waals surface area contributed by atoms with Crippen LogP contribution in [0.1, 0.15) is 330 Å². The molecule has 0 fully saturated rings. The van der Waals surface area contributed by atoms with Crippen LogP contribution < -0.4 is 45.0 Å². The van der Waals surface area contributed by atoms with Gasteiger partial charge in [0.05, 0.1) is 0 Å². The Balaban J connectivity index is 1.53. The summed E-state index contributed by atoms with van der Waals surface area (Å²) in [5.74, 6) is -2.14. The van der Waals surface area contributed by atoms with Crippen molar-refractivity contribution >= 4 is 0 Å². The van der Waals surface area contributed by atoms with Gasteiger partial charge < -0.3 is 18.3 Å². The minimum atomic E-state index is -1.07. The maximum Gasteiger partial charge on any atom is 0.328 e. The number of nitrogens with one attached hydrogen (secondary N) is 4. The van der Waals surface area contributed by atoms with Gasteiger partial charge in [0.2, 0.25) is 0 Å². The molecule has 16 nitrogen and oxygen atoms in total. The Bertz CT molecular complexity index is 2820. The summed E-state index contributed by atoms with van der Waals surface area (Å²) in [5, 5.41) is 0. The molecule has 0 atom stereocenters. The Morgan fingerprint density at radius 1 is 0.250 bits per heavy atom. The molecule has 5 aromatic rings. The number of benzene rings is 1. The Kier molecular flexibility index (Phi) is 35.3. The fraction of sp³-hybridized carbons (Fsp3) is 0.694. The van der Waals surface area contributed by atoms with E-state index < -0.39 is 56.8 Å². The lowest BCUT2D eigenvalue weighted by molar-refractivity contribution is 0.522. The third-order valence-corrected chi connectivity index (χ3v) is 18.0. The first-order valence-electron chi connectivity index (χ1n) is 35.4. The first kappa shape index (κ1) is 72.7. The van der Waals surface area contributed by atoms with Crippen molar-refractivity contribution in [3.8, 4) is 0 Å². The van der Waals surface area contributed by atoms with Crippen LogP contribution >= 0.6 is 0 Å².